The molecule has 40 heavy (non-hydrogen) atoms. The third kappa shape index (κ3) is 7.47. The van der Waals surface area contributed by atoms with E-state index in [1.54, 1.807) is 74.5 Å². The zero-order valence-electron chi connectivity index (χ0n) is 22.6. The lowest BCUT2D eigenvalue weighted by molar-refractivity contribution is -0.140. The quantitative estimate of drug-likeness (QED) is 0.276. The van der Waals surface area contributed by atoms with Gasteiger partial charge in [0.05, 0.1) is 17.2 Å². The minimum absolute atomic E-state index is 0.0101. The number of sulfonamides is 1. The van der Waals surface area contributed by atoms with Crippen molar-refractivity contribution in [3.05, 3.63) is 88.4 Å². The van der Waals surface area contributed by atoms with Gasteiger partial charge in [-0.25, -0.2) is 8.42 Å². The monoisotopic (exact) mass is 605 g/mol. The van der Waals surface area contributed by atoms with Crippen molar-refractivity contribution in [2.24, 2.45) is 0 Å². The minimum Gasteiger partial charge on any atom is -0.494 e. The summed E-state index contributed by atoms with van der Waals surface area (Å²) < 4.78 is 34.3. The smallest absolute Gasteiger partial charge is 0.264 e. The highest BCUT2D eigenvalue weighted by atomic mass is 35.5. The molecule has 0 radical (unpaired) electrons. The summed E-state index contributed by atoms with van der Waals surface area (Å²) in [7, 11) is -4.19. The van der Waals surface area contributed by atoms with E-state index < -0.39 is 28.5 Å². The van der Waals surface area contributed by atoms with Gasteiger partial charge in [0.25, 0.3) is 10.0 Å². The fourth-order valence-corrected chi connectivity index (χ4v) is 6.12. The first kappa shape index (κ1) is 31.3. The van der Waals surface area contributed by atoms with E-state index in [0.29, 0.717) is 40.2 Å². The van der Waals surface area contributed by atoms with Crippen LogP contribution in [0.4, 0.5) is 5.69 Å². The second kappa shape index (κ2) is 14.4. The first-order valence-electron chi connectivity index (χ1n) is 12.9. The van der Waals surface area contributed by atoms with Gasteiger partial charge in [-0.15, -0.1) is 0 Å². The molecule has 0 unspecified atom stereocenters. The van der Waals surface area contributed by atoms with Gasteiger partial charge in [-0.3, -0.25) is 13.9 Å². The van der Waals surface area contributed by atoms with E-state index >= 15 is 0 Å². The molecule has 1 N–H and O–H groups in total. The molecule has 0 spiro atoms. The lowest BCUT2D eigenvalue weighted by Gasteiger charge is -2.33. The molecule has 11 heteroatoms. The third-order valence-electron chi connectivity index (χ3n) is 6.17. The number of halogens is 2. The maximum Gasteiger partial charge on any atom is 0.264 e. The van der Waals surface area contributed by atoms with Crippen LogP contribution in [0.2, 0.25) is 10.0 Å². The highest BCUT2D eigenvalue weighted by Gasteiger charge is 2.34. The summed E-state index contributed by atoms with van der Waals surface area (Å²) in [6.07, 6.45) is 0.288. The first-order chi connectivity index (χ1) is 19.1. The molecule has 0 heterocycles. The van der Waals surface area contributed by atoms with E-state index in [9.17, 15) is 18.0 Å². The van der Waals surface area contributed by atoms with Crippen molar-refractivity contribution in [1.82, 2.24) is 10.2 Å². The summed E-state index contributed by atoms with van der Waals surface area (Å²) in [5.74, 6) is -0.422. The number of ether oxygens (including phenoxy) is 1. The van der Waals surface area contributed by atoms with Crippen molar-refractivity contribution in [2.75, 3.05) is 24.0 Å². The lowest BCUT2D eigenvalue weighted by Crippen LogP contribution is -2.52. The van der Waals surface area contributed by atoms with Crippen molar-refractivity contribution < 1.29 is 22.7 Å². The topological polar surface area (TPSA) is 96.0 Å². The van der Waals surface area contributed by atoms with Gasteiger partial charge >= 0.3 is 0 Å². The molecule has 3 aromatic carbocycles. The molecule has 2 amide bonds. The maximum atomic E-state index is 14.0. The molecule has 3 rings (SSSR count). The number of para-hydroxylation sites is 1. The zero-order chi connectivity index (χ0) is 29.3. The number of hydrogen-bond donors (Lipinski definition) is 1. The second-order valence-corrected chi connectivity index (χ2v) is 11.5. The maximum absolute atomic E-state index is 14.0. The molecule has 0 fully saturated rings. The Bertz CT molecular complexity index is 1380. The van der Waals surface area contributed by atoms with Gasteiger partial charge in [0.15, 0.2) is 0 Å². The van der Waals surface area contributed by atoms with E-state index in [-0.39, 0.29) is 23.8 Å². The van der Waals surface area contributed by atoms with Crippen molar-refractivity contribution in [1.29, 1.82) is 0 Å². The van der Waals surface area contributed by atoms with Gasteiger partial charge in [0, 0.05) is 28.7 Å². The third-order valence-corrected chi connectivity index (χ3v) is 8.67. The van der Waals surface area contributed by atoms with Crippen LogP contribution in [0.25, 0.3) is 0 Å². The second-order valence-electron chi connectivity index (χ2n) is 8.79. The predicted octanol–water partition coefficient (Wildman–Crippen LogP) is 5.53. The number of amides is 2. The highest BCUT2D eigenvalue weighted by molar-refractivity contribution is 7.92. The number of rotatable bonds is 13. The predicted molar refractivity (Wildman–Crippen MR) is 158 cm³/mol. The summed E-state index contributed by atoms with van der Waals surface area (Å²) >= 11 is 12.8. The Kier molecular flexibility index (Phi) is 11.2. The van der Waals surface area contributed by atoms with Crippen molar-refractivity contribution in [3.8, 4) is 5.75 Å². The molecule has 0 saturated heterocycles. The molecule has 0 bridgehead atoms. The summed E-state index contributed by atoms with van der Waals surface area (Å²) in [6.45, 7) is 5.55. The van der Waals surface area contributed by atoms with E-state index in [2.05, 4.69) is 5.32 Å². The normalized spacial score (nSPS) is 11.9. The summed E-state index contributed by atoms with van der Waals surface area (Å²) in [5.41, 5.74) is 0.758. The number of nitrogens with zero attached hydrogens (tertiary/aromatic N) is 2. The fraction of sp³-hybridized carbons (Fsp3) is 0.310. The van der Waals surface area contributed by atoms with Crippen molar-refractivity contribution in [2.45, 2.75) is 44.7 Å². The number of hydrogen-bond acceptors (Lipinski definition) is 5. The molecule has 0 aliphatic carbocycles. The van der Waals surface area contributed by atoms with E-state index in [1.165, 1.54) is 17.0 Å². The van der Waals surface area contributed by atoms with Crippen LogP contribution in [0.15, 0.2) is 77.7 Å². The molecule has 3 aromatic rings. The molecule has 0 aliphatic rings. The molecule has 0 aromatic heterocycles. The van der Waals surface area contributed by atoms with Crippen LogP contribution in [0, 0.1) is 0 Å². The number of carbonyl (C=O) groups excluding carboxylic acids is 2. The SMILES string of the molecule is CCNC(=O)[C@H](CC)N(Cc1c(Cl)cccc1Cl)C(=O)CN(c1ccccc1)S(=O)(=O)c1ccc(OCC)cc1. The molecule has 214 valence electrons. The van der Waals surface area contributed by atoms with Gasteiger partial charge < -0.3 is 15.0 Å². The zero-order valence-corrected chi connectivity index (χ0v) is 25.0. The van der Waals surface area contributed by atoms with Crippen LogP contribution in [0.3, 0.4) is 0 Å². The number of likely N-dealkylation sites (N-methyl/N-ethyl adjacent to an activating group) is 1. The molecule has 1 atom stereocenters. The largest absolute Gasteiger partial charge is 0.494 e. The summed E-state index contributed by atoms with van der Waals surface area (Å²) in [4.78, 5) is 28.4. The van der Waals surface area contributed by atoms with Crippen molar-refractivity contribution >= 4 is 50.7 Å². The van der Waals surface area contributed by atoms with Gasteiger partial charge in [-0.2, -0.15) is 0 Å². The number of carbonyl (C=O) groups is 2. The van der Waals surface area contributed by atoms with E-state index in [1.807, 2.05) is 6.92 Å². The Balaban J connectivity index is 2.06. The number of nitrogens with one attached hydrogen (secondary N) is 1. The summed E-state index contributed by atoms with van der Waals surface area (Å²) in [5, 5.41) is 3.42. The Hall–Kier alpha value is -3.27. The minimum atomic E-state index is -4.19. The van der Waals surface area contributed by atoms with Gasteiger partial charge in [-0.05, 0) is 68.8 Å². The Labute approximate surface area is 245 Å². The van der Waals surface area contributed by atoms with Crippen molar-refractivity contribution in [3.63, 3.8) is 0 Å². The Morgan fingerprint density at radius 3 is 2.08 bits per heavy atom. The van der Waals surface area contributed by atoms with E-state index in [4.69, 9.17) is 27.9 Å². The molecular formula is C29H33Cl2N3O5S. The Morgan fingerprint density at radius 1 is 0.900 bits per heavy atom. The fourth-order valence-electron chi connectivity index (χ4n) is 4.19. The number of anilines is 1. The highest BCUT2D eigenvalue weighted by Crippen LogP contribution is 2.29. The van der Waals surface area contributed by atoms with Crippen LogP contribution in [-0.2, 0) is 26.2 Å². The van der Waals surface area contributed by atoms with Gasteiger partial charge in [0.2, 0.25) is 11.8 Å². The molecular weight excluding hydrogens is 573 g/mol. The molecule has 0 aliphatic heterocycles. The van der Waals surface area contributed by atoms with Crippen LogP contribution in [0.5, 0.6) is 5.75 Å². The van der Waals surface area contributed by atoms with Gasteiger partial charge in [-0.1, -0.05) is 54.4 Å². The average Bonchev–Trinajstić information content (AvgIpc) is 2.94. The van der Waals surface area contributed by atoms with Crippen LogP contribution in [-0.4, -0.2) is 50.9 Å². The Morgan fingerprint density at radius 2 is 1.52 bits per heavy atom. The van der Waals surface area contributed by atoms with Crippen LogP contribution < -0.4 is 14.4 Å². The van der Waals surface area contributed by atoms with Gasteiger partial charge in [0.1, 0.15) is 18.3 Å². The average molecular weight is 607 g/mol. The number of benzene rings is 3. The van der Waals surface area contributed by atoms with E-state index in [0.717, 1.165) is 4.31 Å². The lowest BCUT2D eigenvalue weighted by atomic mass is 10.1. The van der Waals surface area contributed by atoms with Crippen LogP contribution in [0.1, 0.15) is 32.8 Å². The summed E-state index contributed by atoms with van der Waals surface area (Å²) in [6, 6.07) is 18.4. The van der Waals surface area contributed by atoms with Crippen LogP contribution >= 0.6 is 23.2 Å². The molecule has 0 saturated carbocycles. The standard InChI is InChI=1S/C29H33Cl2N3O5S/c1-4-27(29(36)32-5-2)33(19-24-25(30)13-10-14-26(24)31)28(35)20-34(21-11-8-7-9-12-21)40(37,38)23-17-15-22(16-18-23)39-6-3/h7-18,27H,4-6,19-20H2,1-3H3,(H,32,36)/t27-/m0/s1. The molecule has 8 nitrogen and oxygen atoms in total. The first-order valence-corrected chi connectivity index (χ1v) is 15.1.